The monoisotopic (exact) mass is 363 g/mol. The Balaban J connectivity index is 1.30. The van der Waals surface area contributed by atoms with E-state index in [1.165, 1.54) is 18.4 Å². The molecule has 0 atom stereocenters. The molecule has 5 heteroatoms. The SMILES string of the molecule is COc1ccc(CN(CCCc2nc(-c3ccccc3)no2)C2CC2)cc1. The number of aryl methyl sites for hydroxylation is 1. The van der Waals surface area contributed by atoms with Crippen molar-refractivity contribution in [1.29, 1.82) is 0 Å². The Bertz CT molecular complexity index is 842. The van der Waals surface area contributed by atoms with E-state index in [4.69, 9.17) is 9.26 Å². The van der Waals surface area contributed by atoms with Gasteiger partial charge in [0.2, 0.25) is 11.7 Å². The van der Waals surface area contributed by atoms with Crippen LogP contribution in [0.3, 0.4) is 0 Å². The van der Waals surface area contributed by atoms with Gasteiger partial charge >= 0.3 is 0 Å². The van der Waals surface area contributed by atoms with E-state index in [0.717, 1.165) is 43.3 Å². The van der Waals surface area contributed by atoms with Crippen molar-refractivity contribution >= 4 is 0 Å². The highest BCUT2D eigenvalue weighted by atomic mass is 16.5. The van der Waals surface area contributed by atoms with Crippen LogP contribution >= 0.6 is 0 Å². The van der Waals surface area contributed by atoms with Gasteiger partial charge in [-0.05, 0) is 43.5 Å². The van der Waals surface area contributed by atoms with E-state index in [-0.39, 0.29) is 0 Å². The number of methoxy groups -OCH3 is 1. The van der Waals surface area contributed by atoms with Crippen LogP contribution in [0.2, 0.25) is 0 Å². The van der Waals surface area contributed by atoms with Crippen LogP contribution in [0.5, 0.6) is 5.75 Å². The largest absolute Gasteiger partial charge is 0.497 e. The van der Waals surface area contributed by atoms with Crippen LogP contribution in [-0.4, -0.2) is 34.7 Å². The maximum absolute atomic E-state index is 5.43. The maximum Gasteiger partial charge on any atom is 0.227 e. The summed E-state index contributed by atoms with van der Waals surface area (Å²) in [4.78, 5) is 7.10. The summed E-state index contributed by atoms with van der Waals surface area (Å²) in [6.07, 6.45) is 4.43. The van der Waals surface area contributed by atoms with Crippen molar-refractivity contribution in [3.05, 3.63) is 66.1 Å². The average molecular weight is 363 g/mol. The Morgan fingerprint density at radius 3 is 2.56 bits per heavy atom. The molecule has 1 fully saturated rings. The summed E-state index contributed by atoms with van der Waals surface area (Å²) in [5.41, 5.74) is 2.32. The number of hydrogen-bond donors (Lipinski definition) is 0. The lowest BCUT2D eigenvalue weighted by Gasteiger charge is -2.21. The molecule has 2 aromatic carbocycles. The molecule has 0 saturated heterocycles. The maximum atomic E-state index is 5.43. The molecular weight excluding hydrogens is 338 g/mol. The summed E-state index contributed by atoms with van der Waals surface area (Å²) in [5.74, 6) is 2.29. The molecule has 0 spiro atoms. The minimum absolute atomic E-state index is 0.669. The molecule has 1 aliphatic carbocycles. The molecule has 140 valence electrons. The second-order valence-electron chi connectivity index (χ2n) is 7.03. The molecule has 0 N–H and O–H groups in total. The molecule has 0 unspecified atom stereocenters. The summed E-state index contributed by atoms with van der Waals surface area (Å²) in [6.45, 7) is 2.02. The van der Waals surface area contributed by atoms with Gasteiger partial charge in [0.1, 0.15) is 5.75 Å². The predicted molar refractivity (Wildman–Crippen MR) is 104 cm³/mol. The van der Waals surface area contributed by atoms with Gasteiger partial charge in [-0.1, -0.05) is 47.6 Å². The van der Waals surface area contributed by atoms with Gasteiger partial charge in [-0.3, -0.25) is 4.90 Å². The van der Waals surface area contributed by atoms with Crippen molar-refractivity contribution in [2.45, 2.75) is 38.3 Å². The standard InChI is InChI=1S/C22H25N3O2/c1-26-20-13-9-17(10-14-20)16-25(19-11-12-19)15-5-8-21-23-22(24-27-21)18-6-3-2-4-7-18/h2-4,6-7,9-10,13-14,19H,5,8,11-12,15-16H2,1H3. The highest BCUT2D eigenvalue weighted by Crippen LogP contribution is 2.29. The fraction of sp³-hybridized carbons (Fsp3) is 0.364. The Morgan fingerprint density at radius 1 is 1.07 bits per heavy atom. The van der Waals surface area contributed by atoms with E-state index in [1.54, 1.807) is 7.11 Å². The van der Waals surface area contributed by atoms with Crippen LogP contribution < -0.4 is 4.74 Å². The molecule has 3 aromatic rings. The first-order valence-corrected chi connectivity index (χ1v) is 9.57. The zero-order valence-electron chi connectivity index (χ0n) is 15.7. The van der Waals surface area contributed by atoms with Crippen molar-refractivity contribution in [3.8, 4) is 17.1 Å². The summed E-state index contributed by atoms with van der Waals surface area (Å²) in [7, 11) is 1.70. The molecule has 0 aliphatic heterocycles. The average Bonchev–Trinajstić information content (AvgIpc) is 3.46. The van der Waals surface area contributed by atoms with Crippen LogP contribution in [0, 0.1) is 0 Å². The van der Waals surface area contributed by atoms with E-state index in [2.05, 4.69) is 27.2 Å². The molecule has 0 amide bonds. The van der Waals surface area contributed by atoms with Crippen molar-refractivity contribution < 1.29 is 9.26 Å². The van der Waals surface area contributed by atoms with Gasteiger partial charge in [0.15, 0.2) is 0 Å². The van der Waals surface area contributed by atoms with E-state index in [0.29, 0.717) is 11.7 Å². The third kappa shape index (κ3) is 4.74. The smallest absolute Gasteiger partial charge is 0.227 e. The first-order chi connectivity index (χ1) is 13.3. The third-order valence-electron chi connectivity index (χ3n) is 4.94. The van der Waals surface area contributed by atoms with E-state index in [1.807, 2.05) is 42.5 Å². The second kappa shape index (κ2) is 8.35. The van der Waals surface area contributed by atoms with Gasteiger partial charge < -0.3 is 9.26 Å². The first-order valence-electron chi connectivity index (χ1n) is 9.57. The lowest BCUT2D eigenvalue weighted by Crippen LogP contribution is -2.27. The van der Waals surface area contributed by atoms with Gasteiger partial charge in [0.25, 0.3) is 0 Å². The van der Waals surface area contributed by atoms with Gasteiger partial charge in [-0.25, -0.2) is 0 Å². The quantitative estimate of drug-likeness (QED) is 0.566. The van der Waals surface area contributed by atoms with Gasteiger partial charge in [-0.2, -0.15) is 4.98 Å². The zero-order valence-corrected chi connectivity index (χ0v) is 15.7. The zero-order chi connectivity index (χ0) is 18.5. The molecule has 0 bridgehead atoms. The minimum atomic E-state index is 0.669. The minimum Gasteiger partial charge on any atom is -0.497 e. The van der Waals surface area contributed by atoms with Crippen molar-refractivity contribution in [2.75, 3.05) is 13.7 Å². The molecular formula is C22H25N3O2. The van der Waals surface area contributed by atoms with E-state index < -0.39 is 0 Å². The molecule has 5 nitrogen and oxygen atoms in total. The fourth-order valence-corrected chi connectivity index (χ4v) is 3.29. The molecule has 1 saturated carbocycles. The number of ether oxygens (including phenoxy) is 1. The van der Waals surface area contributed by atoms with Crippen molar-refractivity contribution in [1.82, 2.24) is 15.0 Å². The van der Waals surface area contributed by atoms with Crippen LogP contribution in [-0.2, 0) is 13.0 Å². The predicted octanol–water partition coefficient (Wildman–Crippen LogP) is 4.34. The lowest BCUT2D eigenvalue weighted by atomic mass is 10.2. The van der Waals surface area contributed by atoms with Crippen LogP contribution in [0.4, 0.5) is 0 Å². The van der Waals surface area contributed by atoms with Crippen molar-refractivity contribution in [3.63, 3.8) is 0 Å². The molecule has 0 radical (unpaired) electrons. The summed E-state index contributed by atoms with van der Waals surface area (Å²) in [6, 6.07) is 19.0. The molecule has 1 heterocycles. The Hall–Kier alpha value is -2.66. The molecule has 1 aromatic heterocycles. The number of hydrogen-bond acceptors (Lipinski definition) is 5. The summed E-state index contributed by atoms with van der Waals surface area (Å²) < 4.78 is 10.7. The number of nitrogens with zero attached hydrogens (tertiary/aromatic N) is 3. The Kier molecular flexibility index (Phi) is 5.49. The van der Waals surface area contributed by atoms with Gasteiger partial charge in [0, 0.05) is 24.6 Å². The van der Waals surface area contributed by atoms with Crippen LogP contribution in [0.1, 0.15) is 30.7 Å². The second-order valence-corrected chi connectivity index (χ2v) is 7.03. The highest BCUT2D eigenvalue weighted by Gasteiger charge is 2.28. The lowest BCUT2D eigenvalue weighted by molar-refractivity contribution is 0.247. The highest BCUT2D eigenvalue weighted by molar-refractivity contribution is 5.53. The Labute approximate surface area is 160 Å². The normalized spacial score (nSPS) is 13.9. The fourth-order valence-electron chi connectivity index (χ4n) is 3.29. The Morgan fingerprint density at radius 2 is 1.85 bits per heavy atom. The topological polar surface area (TPSA) is 51.4 Å². The number of benzene rings is 2. The van der Waals surface area contributed by atoms with Gasteiger partial charge in [0.05, 0.1) is 7.11 Å². The number of rotatable bonds is 9. The molecule has 27 heavy (non-hydrogen) atoms. The molecule has 4 rings (SSSR count). The van der Waals surface area contributed by atoms with Crippen LogP contribution in [0.15, 0.2) is 59.1 Å². The van der Waals surface area contributed by atoms with E-state index in [9.17, 15) is 0 Å². The third-order valence-corrected chi connectivity index (χ3v) is 4.94. The first kappa shape index (κ1) is 17.7. The number of aromatic nitrogens is 2. The summed E-state index contributed by atoms with van der Waals surface area (Å²) in [5, 5.41) is 4.10. The summed E-state index contributed by atoms with van der Waals surface area (Å²) >= 11 is 0. The van der Waals surface area contributed by atoms with E-state index >= 15 is 0 Å². The van der Waals surface area contributed by atoms with Crippen molar-refractivity contribution in [2.24, 2.45) is 0 Å². The van der Waals surface area contributed by atoms with Gasteiger partial charge in [-0.15, -0.1) is 0 Å². The van der Waals surface area contributed by atoms with Crippen LogP contribution in [0.25, 0.3) is 11.4 Å². The molecule has 1 aliphatic rings.